The zero-order valence-electron chi connectivity index (χ0n) is 10.5. The van der Waals surface area contributed by atoms with E-state index in [1.807, 2.05) is 24.3 Å². The third kappa shape index (κ3) is 2.69. The van der Waals surface area contributed by atoms with Crippen LogP contribution in [0.15, 0.2) is 34.9 Å². The van der Waals surface area contributed by atoms with Crippen molar-refractivity contribution in [1.82, 2.24) is 15.6 Å². The lowest BCUT2D eigenvalue weighted by atomic mass is 10.3. The van der Waals surface area contributed by atoms with Crippen molar-refractivity contribution in [2.75, 3.05) is 10.7 Å². The lowest BCUT2D eigenvalue weighted by Gasteiger charge is -2.04. The van der Waals surface area contributed by atoms with Crippen molar-refractivity contribution in [3.8, 4) is 0 Å². The number of urea groups is 1. The Morgan fingerprint density at radius 3 is 2.95 bits per heavy atom. The number of nitrogens with one attached hydrogen (secondary N) is 3. The van der Waals surface area contributed by atoms with Gasteiger partial charge >= 0.3 is 6.03 Å². The molecule has 0 aliphatic carbocycles. The van der Waals surface area contributed by atoms with Gasteiger partial charge in [0.2, 0.25) is 5.13 Å². The van der Waals surface area contributed by atoms with Gasteiger partial charge in [0, 0.05) is 6.07 Å². The van der Waals surface area contributed by atoms with Crippen LogP contribution in [-0.4, -0.2) is 16.2 Å². The summed E-state index contributed by atoms with van der Waals surface area (Å²) in [5.41, 5.74) is 6.12. The van der Waals surface area contributed by atoms with Gasteiger partial charge in [0.15, 0.2) is 5.82 Å². The van der Waals surface area contributed by atoms with E-state index < -0.39 is 6.03 Å². The molecule has 102 valence electrons. The fourth-order valence-electron chi connectivity index (χ4n) is 1.61. The number of fused-ring (bicyclic) bond motifs is 1. The molecule has 0 unspecified atom stereocenters. The van der Waals surface area contributed by atoms with Gasteiger partial charge < -0.3 is 4.52 Å². The minimum atomic E-state index is -0.447. The smallest absolute Gasteiger partial charge is 0.339 e. The van der Waals surface area contributed by atoms with Crippen LogP contribution in [0.25, 0.3) is 10.2 Å². The normalized spacial score (nSPS) is 10.4. The number of thiazole rings is 1. The zero-order valence-corrected chi connectivity index (χ0v) is 11.3. The molecule has 0 saturated carbocycles. The maximum atomic E-state index is 11.6. The number of hydrazine groups is 1. The molecule has 8 heteroatoms. The first-order valence-electron chi connectivity index (χ1n) is 5.82. The van der Waals surface area contributed by atoms with Crippen molar-refractivity contribution in [3.05, 3.63) is 36.1 Å². The molecule has 0 atom stereocenters. The van der Waals surface area contributed by atoms with Gasteiger partial charge in [-0.25, -0.2) is 15.2 Å². The summed E-state index contributed by atoms with van der Waals surface area (Å²) < 4.78 is 5.89. The molecule has 0 spiro atoms. The SMILES string of the molecule is Cc1cc(NC(=O)NNc2nc3ccccc3s2)no1. The molecule has 0 fully saturated rings. The quantitative estimate of drug-likeness (QED) is 0.645. The molecule has 0 aliphatic heterocycles. The predicted octanol–water partition coefficient (Wildman–Crippen LogP) is 2.74. The van der Waals surface area contributed by atoms with Gasteiger partial charge in [-0.05, 0) is 19.1 Å². The highest BCUT2D eigenvalue weighted by Crippen LogP contribution is 2.24. The van der Waals surface area contributed by atoms with Crippen LogP contribution in [0, 0.1) is 6.92 Å². The van der Waals surface area contributed by atoms with Crippen LogP contribution >= 0.6 is 11.3 Å². The van der Waals surface area contributed by atoms with E-state index in [1.54, 1.807) is 13.0 Å². The predicted molar refractivity (Wildman–Crippen MR) is 76.6 cm³/mol. The maximum absolute atomic E-state index is 11.6. The first-order valence-corrected chi connectivity index (χ1v) is 6.64. The fraction of sp³-hybridized carbons (Fsp3) is 0.0833. The van der Waals surface area contributed by atoms with Crippen LogP contribution in [-0.2, 0) is 0 Å². The molecule has 3 N–H and O–H groups in total. The highest BCUT2D eigenvalue weighted by molar-refractivity contribution is 7.22. The first-order chi connectivity index (χ1) is 9.70. The van der Waals surface area contributed by atoms with Crippen LogP contribution in [0.5, 0.6) is 0 Å². The average Bonchev–Trinajstić information content (AvgIpc) is 3.02. The Kier molecular flexibility index (Phi) is 3.21. The average molecular weight is 289 g/mol. The number of hydrogen-bond acceptors (Lipinski definition) is 6. The lowest BCUT2D eigenvalue weighted by Crippen LogP contribution is -2.33. The van der Waals surface area contributed by atoms with E-state index in [2.05, 4.69) is 26.3 Å². The maximum Gasteiger partial charge on any atom is 0.339 e. The van der Waals surface area contributed by atoms with Gasteiger partial charge in [-0.15, -0.1) is 0 Å². The van der Waals surface area contributed by atoms with E-state index in [0.717, 1.165) is 10.2 Å². The number of benzene rings is 1. The van der Waals surface area contributed by atoms with Gasteiger partial charge in [-0.3, -0.25) is 10.7 Å². The van der Waals surface area contributed by atoms with Crippen LogP contribution in [0.4, 0.5) is 15.7 Å². The largest absolute Gasteiger partial charge is 0.360 e. The second-order valence-electron chi connectivity index (χ2n) is 4.01. The van der Waals surface area contributed by atoms with Crippen molar-refractivity contribution in [2.45, 2.75) is 6.92 Å². The molecule has 0 aliphatic rings. The number of para-hydroxylation sites is 1. The Balaban J connectivity index is 1.59. The van der Waals surface area contributed by atoms with Gasteiger partial charge in [0.1, 0.15) is 5.76 Å². The summed E-state index contributed by atoms with van der Waals surface area (Å²) >= 11 is 1.45. The minimum Gasteiger partial charge on any atom is -0.360 e. The number of rotatable bonds is 3. The number of amides is 2. The Hall–Kier alpha value is -2.61. The molecule has 1 aromatic carbocycles. The summed E-state index contributed by atoms with van der Waals surface area (Å²) in [4.78, 5) is 15.9. The van der Waals surface area contributed by atoms with Crippen molar-refractivity contribution in [1.29, 1.82) is 0 Å². The Morgan fingerprint density at radius 1 is 1.35 bits per heavy atom. The van der Waals surface area contributed by atoms with Gasteiger partial charge in [-0.1, -0.05) is 28.6 Å². The van der Waals surface area contributed by atoms with Crippen LogP contribution in [0.3, 0.4) is 0 Å². The minimum absolute atomic E-state index is 0.353. The molecule has 2 amide bonds. The summed E-state index contributed by atoms with van der Waals surface area (Å²) in [6, 6.07) is 8.91. The van der Waals surface area contributed by atoms with E-state index in [9.17, 15) is 4.79 Å². The van der Waals surface area contributed by atoms with Crippen LogP contribution in [0.2, 0.25) is 0 Å². The Bertz CT molecular complexity index is 718. The molecule has 0 saturated heterocycles. The Labute approximate surface area is 118 Å². The number of hydrogen-bond donors (Lipinski definition) is 3. The number of nitrogens with zero attached hydrogens (tertiary/aromatic N) is 2. The van der Waals surface area contributed by atoms with Crippen molar-refractivity contribution >= 4 is 38.5 Å². The molecule has 3 aromatic rings. The second kappa shape index (κ2) is 5.17. The van der Waals surface area contributed by atoms with E-state index in [-0.39, 0.29) is 0 Å². The van der Waals surface area contributed by atoms with Gasteiger partial charge in [-0.2, -0.15) is 0 Å². The van der Waals surface area contributed by atoms with Gasteiger partial charge in [0.05, 0.1) is 10.2 Å². The summed E-state index contributed by atoms with van der Waals surface area (Å²) in [5, 5.41) is 6.79. The number of aryl methyl sites for hydroxylation is 1. The summed E-state index contributed by atoms with van der Waals surface area (Å²) in [7, 11) is 0. The Morgan fingerprint density at radius 2 is 2.20 bits per heavy atom. The van der Waals surface area contributed by atoms with Crippen molar-refractivity contribution in [2.24, 2.45) is 0 Å². The molecule has 2 heterocycles. The molecule has 3 rings (SSSR count). The van der Waals surface area contributed by atoms with Crippen LogP contribution < -0.4 is 16.2 Å². The van der Waals surface area contributed by atoms with Gasteiger partial charge in [0.25, 0.3) is 0 Å². The molecule has 0 radical (unpaired) electrons. The third-order valence-corrected chi connectivity index (χ3v) is 3.40. The number of carbonyl (C=O) groups is 1. The summed E-state index contributed by atoms with van der Waals surface area (Å²) in [6.45, 7) is 1.75. The van der Waals surface area contributed by atoms with E-state index in [1.165, 1.54) is 11.3 Å². The van der Waals surface area contributed by atoms with Crippen molar-refractivity contribution in [3.63, 3.8) is 0 Å². The topological polar surface area (TPSA) is 92.1 Å². The first kappa shape index (κ1) is 12.4. The molecule has 7 nitrogen and oxygen atoms in total. The number of anilines is 2. The molecular weight excluding hydrogens is 278 g/mol. The lowest BCUT2D eigenvalue weighted by molar-refractivity contribution is 0.253. The number of aromatic nitrogens is 2. The highest BCUT2D eigenvalue weighted by Gasteiger charge is 2.07. The highest BCUT2D eigenvalue weighted by atomic mass is 32.1. The summed E-state index contributed by atoms with van der Waals surface area (Å²) in [5.74, 6) is 0.977. The second-order valence-corrected chi connectivity index (χ2v) is 5.04. The zero-order chi connectivity index (χ0) is 13.9. The van der Waals surface area contributed by atoms with Crippen LogP contribution in [0.1, 0.15) is 5.76 Å². The molecule has 2 aromatic heterocycles. The van der Waals surface area contributed by atoms with Crippen molar-refractivity contribution < 1.29 is 9.32 Å². The van der Waals surface area contributed by atoms with E-state index in [4.69, 9.17) is 4.52 Å². The molecule has 20 heavy (non-hydrogen) atoms. The van der Waals surface area contributed by atoms with E-state index >= 15 is 0 Å². The fourth-order valence-corrected chi connectivity index (χ4v) is 2.43. The monoisotopic (exact) mass is 289 g/mol. The standard InChI is InChI=1S/C12H11N5O2S/c1-7-6-10(17-19-7)14-11(18)15-16-12-13-8-4-2-3-5-9(8)20-12/h2-6H,1H3,(H,13,16)(H2,14,15,17,18). The van der Waals surface area contributed by atoms with E-state index in [0.29, 0.717) is 16.7 Å². The molecular formula is C12H11N5O2S. The number of carbonyl (C=O) groups excluding carboxylic acids is 1. The molecule has 0 bridgehead atoms. The third-order valence-electron chi connectivity index (χ3n) is 2.45. The summed E-state index contributed by atoms with van der Waals surface area (Å²) in [6.07, 6.45) is 0.